The monoisotopic (exact) mass is 1250 g/mol. The fourth-order valence-corrected chi connectivity index (χ4v) is 9.93. The molecule has 9 nitrogen and oxygen atoms in total. The number of carbonyl (C=O) groups excluding carboxylic acids is 2. The molecule has 10 heteroatoms. The number of hydrogen-bond donors (Lipinski definition) is 2. The molecular formula is C79H128NO8P. The first-order valence-corrected chi connectivity index (χ1v) is 36.8. The zero-order chi connectivity index (χ0) is 64.4. The molecular weight excluding hydrogens is 1120 g/mol. The minimum absolute atomic E-state index is 0.0403. The molecule has 502 valence electrons. The molecule has 0 aromatic rings. The van der Waals surface area contributed by atoms with Crippen LogP contribution in [0, 0.1) is 0 Å². The maximum Gasteiger partial charge on any atom is 0.472 e. The van der Waals surface area contributed by atoms with Crippen molar-refractivity contribution < 1.29 is 37.6 Å². The smallest absolute Gasteiger partial charge is 0.462 e. The normalized spacial score (nSPS) is 14.1. The van der Waals surface area contributed by atoms with Gasteiger partial charge in [-0.05, 0) is 135 Å². The molecule has 0 aromatic heterocycles. The second-order valence-electron chi connectivity index (χ2n) is 22.6. The van der Waals surface area contributed by atoms with Gasteiger partial charge in [0.25, 0.3) is 0 Å². The molecule has 0 fully saturated rings. The molecule has 0 aliphatic rings. The molecule has 89 heavy (non-hydrogen) atoms. The van der Waals surface area contributed by atoms with Gasteiger partial charge in [-0.25, -0.2) is 4.57 Å². The maximum absolute atomic E-state index is 12.8. The van der Waals surface area contributed by atoms with Crippen molar-refractivity contribution >= 4 is 19.8 Å². The number of nitrogens with two attached hydrogens (primary N) is 1. The summed E-state index contributed by atoms with van der Waals surface area (Å²) in [5.41, 5.74) is 5.40. The first-order valence-electron chi connectivity index (χ1n) is 35.3. The van der Waals surface area contributed by atoms with Crippen molar-refractivity contribution in [2.45, 2.75) is 277 Å². The summed E-state index contributed by atoms with van der Waals surface area (Å²) in [6.45, 7) is 3.48. The number of carbonyl (C=O) groups is 2. The molecule has 0 amide bonds. The van der Waals surface area contributed by atoms with Gasteiger partial charge in [-0.15, -0.1) is 0 Å². The summed E-state index contributed by atoms with van der Waals surface area (Å²) >= 11 is 0. The number of esters is 2. The molecule has 0 aliphatic heterocycles. The van der Waals surface area contributed by atoms with Crippen molar-refractivity contribution in [1.82, 2.24) is 0 Å². The summed E-state index contributed by atoms with van der Waals surface area (Å²) in [6, 6.07) is 0. The minimum atomic E-state index is -4.41. The lowest BCUT2D eigenvalue weighted by Crippen LogP contribution is -2.29. The number of ether oxygens (including phenoxy) is 2. The lowest BCUT2D eigenvalue weighted by Gasteiger charge is -2.19. The molecule has 0 spiro atoms. The predicted molar refractivity (Wildman–Crippen MR) is 385 cm³/mol. The standard InChI is InChI=1S/C79H128NO8P/c1-3-5-7-9-11-13-15-17-19-21-23-25-27-29-31-33-35-37-38-40-42-44-46-48-50-52-54-56-58-60-62-64-66-68-70-72-79(82)88-77(76-87-89(83,84)86-74-73-80)75-85-78(81)71-69-67-65-63-61-59-57-55-53-51-49-47-45-43-41-39-36-34-32-30-28-26-24-22-20-18-16-14-12-10-8-6-4-2/h5-8,11-14,17-20,23-26,29-32,35,37,40,42,46,48,52,54,58,60,77H,3-4,9-10,15-16,21-22,27-28,33-34,36,38-39,41,43-45,47,49-51,53,55-57,59,61-76,80H2,1-2H3,(H,83,84)/b7-5-,8-6-,13-11-,14-12-,19-17-,20-18-,25-23-,26-24-,31-29-,32-30-,37-35-,42-40-,48-46-,54-52-,60-58-. The molecule has 0 saturated carbocycles. The largest absolute Gasteiger partial charge is 0.472 e. The molecule has 3 N–H and O–H groups in total. The van der Waals surface area contributed by atoms with Crippen LogP contribution in [0.3, 0.4) is 0 Å². The fraction of sp³-hybridized carbons (Fsp3) is 0.595. The average Bonchev–Trinajstić information content (AvgIpc) is 3.66. The van der Waals surface area contributed by atoms with E-state index in [0.29, 0.717) is 6.42 Å². The van der Waals surface area contributed by atoms with Gasteiger partial charge in [0.05, 0.1) is 13.2 Å². The summed E-state index contributed by atoms with van der Waals surface area (Å²) < 4.78 is 33.2. The highest BCUT2D eigenvalue weighted by Gasteiger charge is 2.26. The van der Waals surface area contributed by atoms with Gasteiger partial charge in [-0.1, -0.05) is 305 Å². The van der Waals surface area contributed by atoms with E-state index in [9.17, 15) is 19.0 Å². The third-order valence-electron chi connectivity index (χ3n) is 14.3. The first-order chi connectivity index (χ1) is 43.8. The van der Waals surface area contributed by atoms with Gasteiger partial charge in [-0.3, -0.25) is 18.6 Å². The van der Waals surface area contributed by atoms with Crippen molar-refractivity contribution in [3.05, 3.63) is 182 Å². The Morgan fingerprint density at radius 3 is 0.865 bits per heavy atom. The Bertz CT molecular complexity index is 2110. The van der Waals surface area contributed by atoms with Crippen LogP contribution in [0.25, 0.3) is 0 Å². The van der Waals surface area contributed by atoms with E-state index >= 15 is 0 Å². The van der Waals surface area contributed by atoms with E-state index in [1.165, 1.54) is 96.3 Å². The minimum Gasteiger partial charge on any atom is -0.462 e. The molecule has 2 unspecified atom stereocenters. The quantitative estimate of drug-likeness (QED) is 0.0264. The van der Waals surface area contributed by atoms with E-state index in [0.717, 1.165) is 141 Å². The summed E-state index contributed by atoms with van der Waals surface area (Å²) in [7, 11) is -4.41. The van der Waals surface area contributed by atoms with Crippen molar-refractivity contribution in [3.8, 4) is 0 Å². The molecule has 2 atom stereocenters. The molecule has 0 saturated heterocycles. The predicted octanol–water partition coefficient (Wildman–Crippen LogP) is 23.5. The Morgan fingerprint density at radius 1 is 0.337 bits per heavy atom. The van der Waals surface area contributed by atoms with E-state index in [1.54, 1.807) is 0 Å². The topological polar surface area (TPSA) is 134 Å². The highest BCUT2D eigenvalue weighted by Crippen LogP contribution is 2.43. The van der Waals surface area contributed by atoms with Gasteiger partial charge in [0.1, 0.15) is 6.61 Å². The van der Waals surface area contributed by atoms with Crippen LogP contribution in [0.1, 0.15) is 271 Å². The third-order valence-corrected chi connectivity index (χ3v) is 15.3. The summed E-state index contributed by atoms with van der Waals surface area (Å²) in [6.07, 6.45) is 108. The van der Waals surface area contributed by atoms with Crippen LogP contribution >= 0.6 is 7.82 Å². The number of unbranched alkanes of at least 4 members (excludes halogenated alkanes) is 21. The van der Waals surface area contributed by atoms with Gasteiger partial charge in [0.15, 0.2) is 6.10 Å². The van der Waals surface area contributed by atoms with Crippen molar-refractivity contribution in [3.63, 3.8) is 0 Å². The van der Waals surface area contributed by atoms with Crippen LogP contribution in [0.5, 0.6) is 0 Å². The van der Waals surface area contributed by atoms with E-state index in [1.807, 2.05) is 0 Å². The molecule has 0 aliphatic carbocycles. The number of hydrogen-bond acceptors (Lipinski definition) is 8. The maximum atomic E-state index is 12.8. The Kier molecular flexibility index (Phi) is 68.2. The number of phosphoric ester groups is 1. The van der Waals surface area contributed by atoms with Gasteiger partial charge in [0, 0.05) is 19.4 Å². The molecule has 0 bridgehead atoms. The van der Waals surface area contributed by atoms with Gasteiger partial charge >= 0.3 is 19.8 Å². The fourth-order valence-electron chi connectivity index (χ4n) is 9.16. The molecule has 0 rings (SSSR count). The Balaban J connectivity index is 4.00. The van der Waals surface area contributed by atoms with Crippen molar-refractivity contribution in [2.24, 2.45) is 5.73 Å². The third kappa shape index (κ3) is 72.1. The van der Waals surface area contributed by atoms with Crippen molar-refractivity contribution in [1.29, 1.82) is 0 Å². The zero-order valence-corrected chi connectivity index (χ0v) is 57.2. The number of phosphoric acid groups is 1. The van der Waals surface area contributed by atoms with Crippen LogP contribution in [0.15, 0.2) is 182 Å². The molecule has 0 radical (unpaired) electrons. The Hall–Kier alpha value is -4.89. The molecule has 0 heterocycles. The molecule has 0 aromatic carbocycles. The van der Waals surface area contributed by atoms with Crippen LogP contribution in [0.4, 0.5) is 0 Å². The van der Waals surface area contributed by atoms with E-state index in [4.69, 9.17) is 24.3 Å². The summed E-state index contributed by atoms with van der Waals surface area (Å²) in [5.74, 6) is -0.864. The highest BCUT2D eigenvalue weighted by molar-refractivity contribution is 7.47. The van der Waals surface area contributed by atoms with E-state index in [-0.39, 0.29) is 32.6 Å². The van der Waals surface area contributed by atoms with Gasteiger partial charge in [0.2, 0.25) is 0 Å². The van der Waals surface area contributed by atoms with E-state index in [2.05, 4.69) is 196 Å². The van der Waals surface area contributed by atoms with E-state index < -0.39 is 32.5 Å². The Labute approximate surface area is 545 Å². The lowest BCUT2D eigenvalue weighted by molar-refractivity contribution is -0.161. The number of allylic oxidation sites excluding steroid dienone is 30. The SMILES string of the molecule is CC/C=C\C/C=C\C/C=C\C/C=C\C/C=C\C/C=C\C/C=C\C/C=C\C/C=C\C/C=C\CCCCCCC(=O)OC(COC(=O)CCCCCCCCCCCCCCCCCCC/C=C\C/C=C\C/C=C\C/C=C\C/C=C\CC)COP(=O)(O)OCCN. The summed E-state index contributed by atoms with van der Waals surface area (Å²) in [5, 5.41) is 0. The van der Waals surface area contributed by atoms with Gasteiger partial charge in [-0.2, -0.15) is 0 Å². The average molecular weight is 1250 g/mol. The van der Waals surface area contributed by atoms with Crippen LogP contribution in [0.2, 0.25) is 0 Å². The van der Waals surface area contributed by atoms with Crippen LogP contribution < -0.4 is 5.73 Å². The van der Waals surface area contributed by atoms with Crippen LogP contribution in [-0.4, -0.2) is 49.3 Å². The number of rotatable bonds is 64. The highest BCUT2D eigenvalue weighted by atomic mass is 31.2. The zero-order valence-electron chi connectivity index (χ0n) is 56.3. The Morgan fingerprint density at radius 2 is 0.584 bits per heavy atom. The first kappa shape index (κ1) is 84.1. The van der Waals surface area contributed by atoms with Crippen molar-refractivity contribution in [2.75, 3.05) is 26.4 Å². The second kappa shape index (κ2) is 72.2. The second-order valence-corrected chi connectivity index (χ2v) is 24.1. The van der Waals surface area contributed by atoms with Crippen LogP contribution in [-0.2, 0) is 32.7 Å². The lowest BCUT2D eigenvalue weighted by atomic mass is 10.0. The van der Waals surface area contributed by atoms with Gasteiger partial charge < -0.3 is 20.1 Å². The summed E-state index contributed by atoms with van der Waals surface area (Å²) in [4.78, 5) is 35.4.